The Labute approximate surface area is 120 Å². The average molecular weight is 295 g/mol. The Morgan fingerprint density at radius 1 is 1.19 bits per heavy atom. The maximum absolute atomic E-state index is 12.1. The molecule has 1 fully saturated rings. The molecule has 0 saturated carbocycles. The minimum Gasteiger partial charge on any atom is -0.435 e. The molecule has 0 amide bonds. The van der Waals surface area contributed by atoms with Crippen LogP contribution in [0, 0.1) is 0 Å². The molecule has 1 saturated heterocycles. The molecular formula is C14H15F2N3O2. The molecule has 1 aliphatic rings. The number of rotatable bonds is 4. The number of aromatic nitrogens is 2. The summed E-state index contributed by atoms with van der Waals surface area (Å²) in [6.45, 7) is -0.923. The monoisotopic (exact) mass is 295 g/mol. The van der Waals surface area contributed by atoms with Gasteiger partial charge >= 0.3 is 6.61 Å². The van der Waals surface area contributed by atoms with Gasteiger partial charge in [0.15, 0.2) is 5.82 Å². The largest absolute Gasteiger partial charge is 0.435 e. The van der Waals surface area contributed by atoms with Crippen molar-refractivity contribution in [1.82, 2.24) is 15.5 Å². The first-order valence-electron chi connectivity index (χ1n) is 6.82. The van der Waals surface area contributed by atoms with Gasteiger partial charge in [0.25, 0.3) is 5.89 Å². The topological polar surface area (TPSA) is 60.2 Å². The van der Waals surface area contributed by atoms with Crippen molar-refractivity contribution in [1.29, 1.82) is 0 Å². The molecule has 1 aromatic heterocycles. The van der Waals surface area contributed by atoms with E-state index in [0.29, 0.717) is 23.2 Å². The van der Waals surface area contributed by atoms with Gasteiger partial charge in [-0.05, 0) is 50.2 Å². The van der Waals surface area contributed by atoms with Crippen molar-refractivity contribution >= 4 is 0 Å². The van der Waals surface area contributed by atoms with Crippen LogP contribution in [0.5, 0.6) is 5.75 Å². The molecule has 3 rings (SSSR count). The lowest BCUT2D eigenvalue weighted by atomic mass is 9.98. The fraction of sp³-hybridized carbons (Fsp3) is 0.429. The molecule has 0 spiro atoms. The van der Waals surface area contributed by atoms with Crippen LogP contribution in [0.25, 0.3) is 11.5 Å². The number of benzene rings is 1. The summed E-state index contributed by atoms with van der Waals surface area (Å²) < 4.78 is 33.7. The minimum absolute atomic E-state index is 0.104. The third-order valence-electron chi connectivity index (χ3n) is 3.47. The van der Waals surface area contributed by atoms with E-state index < -0.39 is 6.61 Å². The van der Waals surface area contributed by atoms with Gasteiger partial charge in [0, 0.05) is 11.5 Å². The number of alkyl halides is 2. The van der Waals surface area contributed by atoms with E-state index in [1.807, 2.05) is 0 Å². The smallest absolute Gasteiger partial charge is 0.387 e. The van der Waals surface area contributed by atoms with Gasteiger partial charge in [0.05, 0.1) is 0 Å². The zero-order valence-electron chi connectivity index (χ0n) is 11.3. The zero-order chi connectivity index (χ0) is 14.7. The van der Waals surface area contributed by atoms with E-state index in [9.17, 15) is 8.78 Å². The maximum Gasteiger partial charge on any atom is 0.387 e. The summed E-state index contributed by atoms with van der Waals surface area (Å²) in [5.74, 6) is 1.52. The number of halogens is 2. The average Bonchev–Trinajstić information content (AvgIpc) is 2.98. The second-order valence-corrected chi connectivity index (χ2v) is 4.88. The molecule has 0 unspecified atom stereocenters. The van der Waals surface area contributed by atoms with E-state index in [1.54, 1.807) is 12.1 Å². The molecule has 112 valence electrons. The highest BCUT2D eigenvalue weighted by atomic mass is 19.3. The first-order chi connectivity index (χ1) is 10.2. The van der Waals surface area contributed by atoms with E-state index in [-0.39, 0.29) is 5.75 Å². The molecule has 0 atom stereocenters. The molecule has 2 aromatic rings. The van der Waals surface area contributed by atoms with Crippen LogP contribution in [0.4, 0.5) is 8.78 Å². The highest BCUT2D eigenvalue weighted by Crippen LogP contribution is 2.26. The Kier molecular flexibility index (Phi) is 4.10. The summed E-state index contributed by atoms with van der Waals surface area (Å²) in [6, 6.07) is 6.15. The number of nitrogens with one attached hydrogen (secondary N) is 1. The van der Waals surface area contributed by atoms with Gasteiger partial charge in [-0.25, -0.2) is 0 Å². The van der Waals surface area contributed by atoms with Crippen LogP contribution in [0.15, 0.2) is 28.8 Å². The van der Waals surface area contributed by atoms with Crippen LogP contribution in [-0.2, 0) is 0 Å². The third-order valence-corrected chi connectivity index (χ3v) is 3.47. The van der Waals surface area contributed by atoms with Gasteiger partial charge in [-0.15, -0.1) is 0 Å². The van der Waals surface area contributed by atoms with Crippen LogP contribution < -0.4 is 10.1 Å². The van der Waals surface area contributed by atoms with Crippen LogP contribution >= 0.6 is 0 Å². The quantitative estimate of drug-likeness (QED) is 0.940. The molecule has 0 aliphatic carbocycles. The van der Waals surface area contributed by atoms with Crippen LogP contribution in [-0.4, -0.2) is 29.8 Å². The molecule has 0 radical (unpaired) electrons. The van der Waals surface area contributed by atoms with E-state index in [4.69, 9.17) is 4.52 Å². The molecule has 0 bridgehead atoms. The van der Waals surface area contributed by atoms with Crippen molar-refractivity contribution in [3.63, 3.8) is 0 Å². The second kappa shape index (κ2) is 6.17. The van der Waals surface area contributed by atoms with Crippen molar-refractivity contribution in [2.45, 2.75) is 25.4 Å². The molecular weight excluding hydrogens is 280 g/mol. The van der Waals surface area contributed by atoms with Gasteiger partial charge in [0.2, 0.25) is 0 Å². The third kappa shape index (κ3) is 3.36. The van der Waals surface area contributed by atoms with Crippen LogP contribution in [0.1, 0.15) is 24.6 Å². The maximum atomic E-state index is 12.1. The fourth-order valence-electron chi connectivity index (χ4n) is 2.38. The number of hydrogen-bond acceptors (Lipinski definition) is 5. The number of piperidine rings is 1. The Morgan fingerprint density at radius 2 is 1.90 bits per heavy atom. The van der Waals surface area contributed by atoms with Crippen LogP contribution in [0.3, 0.4) is 0 Å². The van der Waals surface area contributed by atoms with Gasteiger partial charge < -0.3 is 14.6 Å². The Bertz CT molecular complexity index is 580. The van der Waals surface area contributed by atoms with Gasteiger partial charge in [-0.3, -0.25) is 0 Å². The lowest BCUT2D eigenvalue weighted by molar-refractivity contribution is -0.0498. The molecule has 1 aliphatic heterocycles. The Morgan fingerprint density at radius 3 is 2.57 bits per heavy atom. The molecule has 21 heavy (non-hydrogen) atoms. The number of hydrogen-bond donors (Lipinski definition) is 1. The predicted molar refractivity (Wildman–Crippen MR) is 71.2 cm³/mol. The van der Waals surface area contributed by atoms with Crippen molar-refractivity contribution < 1.29 is 18.0 Å². The van der Waals surface area contributed by atoms with E-state index >= 15 is 0 Å². The Hall–Kier alpha value is -2.02. The standard InChI is InChI=1S/C14H15F2N3O2/c15-14(16)20-11-3-1-10(2-4-11)13-18-12(19-21-13)9-5-7-17-8-6-9/h1-4,9,14,17H,5-8H2. The molecule has 7 heteroatoms. The van der Waals surface area contributed by atoms with Crippen molar-refractivity contribution in [3.05, 3.63) is 30.1 Å². The molecule has 2 heterocycles. The van der Waals surface area contributed by atoms with E-state index in [0.717, 1.165) is 25.9 Å². The molecule has 5 nitrogen and oxygen atoms in total. The number of ether oxygens (including phenoxy) is 1. The summed E-state index contributed by atoms with van der Waals surface area (Å²) in [5.41, 5.74) is 0.685. The summed E-state index contributed by atoms with van der Waals surface area (Å²) in [4.78, 5) is 4.40. The van der Waals surface area contributed by atoms with Gasteiger partial charge in [-0.2, -0.15) is 13.8 Å². The van der Waals surface area contributed by atoms with Gasteiger partial charge in [0.1, 0.15) is 5.75 Å². The van der Waals surface area contributed by atoms with E-state index in [2.05, 4.69) is 20.2 Å². The first-order valence-corrected chi connectivity index (χ1v) is 6.82. The number of nitrogens with zero attached hydrogens (tertiary/aromatic N) is 2. The van der Waals surface area contributed by atoms with Gasteiger partial charge in [-0.1, -0.05) is 5.16 Å². The van der Waals surface area contributed by atoms with Crippen molar-refractivity contribution in [2.24, 2.45) is 0 Å². The molecule has 1 aromatic carbocycles. The lowest BCUT2D eigenvalue weighted by Gasteiger charge is -2.18. The zero-order valence-corrected chi connectivity index (χ0v) is 11.3. The highest BCUT2D eigenvalue weighted by molar-refractivity contribution is 5.54. The van der Waals surface area contributed by atoms with Crippen molar-refractivity contribution in [2.75, 3.05) is 13.1 Å². The fourth-order valence-corrected chi connectivity index (χ4v) is 2.38. The minimum atomic E-state index is -2.83. The highest BCUT2D eigenvalue weighted by Gasteiger charge is 2.21. The predicted octanol–water partition coefficient (Wildman–Crippen LogP) is 2.81. The van der Waals surface area contributed by atoms with Crippen molar-refractivity contribution in [3.8, 4) is 17.2 Å². The normalized spacial score (nSPS) is 16.3. The second-order valence-electron chi connectivity index (χ2n) is 4.88. The Balaban J connectivity index is 1.73. The molecule has 1 N–H and O–H groups in total. The van der Waals surface area contributed by atoms with Crippen LogP contribution in [0.2, 0.25) is 0 Å². The summed E-state index contributed by atoms with van der Waals surface area (Å²) in [5, 5.41) is 7.31. The summed E-state index contributed by atoms with van der Waals surface area (Å²) >= 11 is 0. The SMILES string of the molecule is FC(F)Oc1ccc(-c2nc(C3CCNCC3)no2)cc1. The summed E-state index contributed by atoms with van der Waals surface area (Å²) in [6.07, 6.45) is 1.97. The first kappa shape index (κ1) is 13.9. The van der Waals surface area contributed by atoms with E-state index in [1.165, 1.54) is 12.1 Å². The lowest BCUT2D eigenvalue weighted by Crippen LogP contribution is -2.27. The summed E-state index contributed by atoms with van der Waals surface area (Å²) in [7, 11) is 0.